The molecule has 0 radical (unpaired) electrons. The van der Waals surface area contributed by atoms with Gasteiger partial charge in [0.25, 0.3) is 0 Å². The average Bonchev–Trinajstić information content (AvgIpc) is 3.58. The highest BCUT2D eigenvalue weighted by molar-refractivity contribution is 5.95. The first-order valence-electron chi connectivity index (χ1n) is 16.7. The van der Waals surface area contributed by atoms with Crippen molar-refractivity contribution in [2.75, 3.05) is 19.7 Å². The van der Waals surface area contributed by atoms with Gasteiger partial charge in [-0.3, -0.25) is 24.5 Å². The molecule has 4 N–H and O–H groups in total. The molecular weight excluding hydrogens is 627 g/mol. The maximum absolute atomic E-state index is 13.9. The van der Waals surface area contributed by atoms with Gasteiger partial charge in [-0.15, -0.1) is 0 Å². The van der Waals surface area contributed by atoms with E-state index in [4.69, 9.17) is 4.74 Å². The first-order valence-corrected chi connectivity index (χ1v) is 16.7. The highest BCUT2D eigenvalue weighted by atomic mass is 19.4. The monoisotopic (exact) mass is 671 g/mol. The van der Waals surface area contributed by atoms with Gasteiger partial charge in [0.15, 0.2) is 0 Å². The second kappa shape index (κ2) is 15.8. The van der Waals surface area contributed by atoms with Crippen LogP contribution in [0.3, 0.4) is 0 Å². The Morgan fingerprint density at radius 2 is 1.81 bits per heavy atom. The number of carbonyl (C=O) groups excluding carboxylic acids is 4. The molecule has 0 saturated carbocycles. The van der Waals surface area contributed by atoms with Crippen LogP contribution in [0.25, 0.3) is 0 Å². The number of halogens is 3. The zero-order valence-corrected chi connectivity index (χ0v) is 27.1. The van der Waals surface area contributed by atoms with E-state index in [1.54, 1.807) is 4.90 Å². The zero-order valence-electron chi connectivity index (χ0n) is 27.1. The van der Waals surface area contributed by atoms with Crippen molar-refractivity contribution in [2.45, 2.75) is 95.2 Å². The Balaban J connectivity index is 1.39. The van der Waals surface area contributed by atoms with Crippen LogP contribution in [0.4, 0.5) is 13.2 Å². The van der Waals surface area contributed by atoms with Crippen molar-refractivity contribution in [2.24, 2.45) is 5.92 Å². The maximum Gasteiger partial charge on any atom is 0.403 e. The van der Waals surface area contributed by atoms with Gasteiger partial charge < -0.3 is 25.6 Å². The molecule has 3 aliphatic heterocycles. The van der Waals surface area contributed by atoms with E-state index in [9.17, 15) is 32.3 Å². The maximum atomic E-state index is 13.9. The molecule has 0 aliphatic carbocycles. The van der Waals surface area contributed by atoms with Crippen molar-refractivity contribution in [1.82, 2.24) is 26.2 Å². The number of rotatable bonds is 5. The van der Waals surface area contributed by atoms with Gasteiger partial charge in [-0.2, -0.15) is 13.2 Å². The Hall–Kier alpha value is -4.13. The van der Waals surface area contributed by atoms with Crippen LogP contribution in [0.1, 0.15) is 61.6 Å². The van der Waals surface area contributed by atoms with Crippen LogP contribution in [0, 0.1) is 12.8 Å². The van der Waals surface area contributed by atoms with Crippen molar-refractivity contribution in [1.29, 1.82) is 0 Å². The third kappa shape index (κ3) is 9.48. The number of alkyl halides is 3. The van der Waals surface area contributed by atoms with Gasteiger partial charge in [0, 0.05) is 19.6 Å². The van der Waals surface area contributed by atoms with E-state index in [0.29, 0.717) is 38.3 Å². The molecule has 3 unspecified atom stereocenters. The van der Waals surface area contributed by atoms with E-state index in [-0.39, 0.29) is 37.6 Å². The van der Waals surface area contributed by atoms with Gasteiger partial charge in [0.1, 0.15) is 23.9 Å². The Bertz CT molecular complexity index is 1460. The lowest BCUT2D eigenvalue weighted by Crippen LogP contribution is -2.57. The summed E-state index contributed by atoms with van der Waals surface area (Å²) in [7, 11) is 0. The Morgan fingerprint density at radius 3 is 2.56 bits per heavy atom. The minimum Gasteiger partial charge on any atom is -0.494 e. The number of hydrogen-bond acceptors (Lipinski definition) is 6. The molecule has 2 saturated heterocycles. The predicted molar refractivity (Wildman–Crippen MR) is 172 cm³/mol. The number of fused-ring (bicyclic) bond motifs is 4. The normalized spacial score (nSPS) is 26.0. The second-order valence-electron chi connectivity index (χ2n) is 13.0. The van der Waals surface area contributed by atoms with E-state index in [1.165, 1.54) is 0 Å². The summed E-state index contributed by atoms with van der Waals surface area (Å²) in [6.45, 7) is 3.51. The average molecular weight is 672 g/mol. The van der Waals surface area contributed by atoms with Crippen LogP contribution in [0.5, 0.6) is 5.75 Å². The summed E-state index contributed by atoms with van der Waals surface area (Å²) >= 11 is 0. The highest BCUT2D eigenvalue weighted by Crippen LogP contribution is 2.29. The lowest BCUT2D eigenvalue weighted by atomic mass is 9.94. The largest absolute Gasteiger partial charge is 0.494 e. The summed E-state index contributed by atoms with van der Waals surface area (Å²) in [6.07, 6.45) is -2.19. The summed E-state index contributed by atoms with van der Waals surface area (Å²) in [5, 5.41) is 10.5. The van der Waals surface area contributed by atoms with Crippen LogP contribution < -0.4 is 26.0 Å². The van der Waals surface area contributed by atoms with Crippen LogP contribution in [-0.2, 0) is 32.1 Å². The molecule has 13 heteroatoms. The Kier molecular flexibility index (Phi) is 11.6. The number of aryl methyl sites for hydroxylation is 2. The van der Waals surface area contributed by atoms with Crippen LogP contribution in [-0.4, -0.2) is 78.6 Å². The summed E-state index contributed by atoms with van der Waals surface area (Å²) in [5.74, 6) is -1.50. The van der Waals surface area contributed by atoms with Crippen LogP contribution >= 0.6 is 0 Å². The van der Waals surface area contributed by atoms with Crippen molar-refractivity contribution >= 4 is 23.6 Å². The van der Waals surface area contributed by atoms with E-state index in [1.807, 2.05) is 55.5 Å². The zero-order chi connectivity index (χ0) is 34.3. The van der Waals surface area contributed by atoms with E-state index >= 15 is 0 Å². The van der Waals surface area contributed by atoms with Gasteiger partial charge in [0.2, 0.25) is 23.6 Å². The van der Waals surface area contributed by atoms with Crippen molar-refractivity contribution in [3.8, 4) is 5.75 Å². The van der Waals surface area contributed by atoms with Gasteiger partial charge in [-0.05, 0) is 86.6 Å². The summed E-state index contributed by atoms with van der Waals surface area (Å²) in [4.78, 5) is 56.0. The molecule has 48 heavy (non-hydrogen) atoms. The highest BCUT2D eigenvalue weighted by Gasteiger charge is 2.46. The van der Waals surface area contributed by atoms with E-state index in [2.05, 4.69) is 21.3 Å². The number of hydrogen-bond donors (Lipinski definition) is 4. The molecule has 4 amide bonds. The first-order chi connectivity index (χ1) is 23.0. The SMILES string of the molecule is Cc1ccc2cc1CNC(=O)[C@H](CCc1ccccc1)NC(=O)[C@@H](NC(=O)C1CCC(C(F)(F)F)N1)CC(=O)N1CCCC(CCO2)C1. The Morgan fingerprint density at radius 1 is 1.02 bits per heavy atom. The fraction of sp³-hybridized carbons (Fsp3) is 0.543. The summed E-state index contributed by atoms with van der Waals surface area (Å²) < 4.78 is 46.0. The smallest absolute Gasteiger partial charge is 0.403 e. The molecule has 3 aliphatic rings. The van der Waals surface area contributed by atoms with Gasteiger partial charge in [-0.25, -0.2) is 0 Å². The number of ether oxygens (including phenoxy) is 1. The van der Waals surface area contributed by atoms with Crippen LogP contribution in [0.2, 0.25) is 0 Å². The number of benzene rings is 2. The molecule has 2 fully saturated rings. The topological polar surface area (TPSA) is 129 Å². The minimum atomic E-state index is -4.52. The fourth-order valence-corrected chi connectivity index (χ4v) is 6.59. The molecule has 5 rings (SSSR count). The molecule has 2 aromatic rings. The lowest BCUT2D eigenvalue weighted by Gasteiger charge is -2.34. The predicted octanol–water partition coefficient (Wildman–Crippen LogP) is 3.31. The molecule has 2 aromatic carbocycles. The molecule has 10 nitrogen and oxygen atoms in total. The van der Waals surface area contributed by atoms with E-state index < -0.39 is 54.5 Å². The third-order valence-electron chi connectivity index (χ3n) is 9.51. The lowest BCUT2D eigenvalue weighted by molar-refractivity contribution is -0.153. The standard InChI is InChI=1S/C35H44F3N5O5/c1-22-9-11-26-18-25(22)20-39-32(45)27(12-10-23-6-3-2-4-7-23)41-34(47)29(42-33(46)28-13-14-30(40-28)35(36,37)38)19-31(44)43-16-5-8-24(21-43)15-17-48-26/h2-4,6-7,9,11,18,24,27-30,40H,5,8,10,12-17,19-21H2,1H3,(H,39,45)(H,41,47)(H,42,46)/t24?,27-,28?,29-,30?/m0/s1. The number of nitrogens with zero attached hydrogens (tertiary/aromatic N) is 1. The number of nitrogens with one attached hydrogen (secondary N) is 4. The van der Waals surface area contributed by atoms with Gasteiger partial charge in [0.05, 0.1) is 19.1 Å². The van der Waals surface area contributed by atoms with Gasteiger partial charge >= 0.3 is 6.18 Å². The molecule has 0 aromatic heterocycles. The number of carbonyl (C=O) groups is 4. The number of piperidine rings is 1. The molecule has 4 bridgehead atoms. The van der Waals surface area contributed by atoms with Crippen LogP contribution in [0.15, 0.2) is 48.5 Å². The molecule has 3 heterocycles. The Labute approximate surface area is 278 Å². The molecule has 260 valence electrons. The fourth-order valence-electron chi connectivity index (χ4n) is 6.59. The minimum absolute atomic E-state index is 0.0725. The second-order valence-corrected chi connectivity index (χ2v) is 13.0. The van der Waals surface area contributed by atoms with E-state index in [0.717, 1.165) is 29.5 Å². The molecular formula is C35H44F3N5O5. The van der Waals surface area contributed by atoms with Crippen molar-refractivity contribution < 1.29 is 37.1 Å². The number of amides is 4. The van der Waals surface area contributed by atoms with Crippen molar-refractivity contribution in [3.05, 3.63) is 65.2 Å². The third-order valence-corrected chi connectivity index (χ3v) is 9.51. The first kappa shape index (κ1) is 35.2. The molecule has 5 atom stereocenters. The van der Waals surface area contributed by atoms with Crippen molar-refractivity contribution in [3.63, 3.8) is 0 Å². The summed E-state index contributed by atoms with van der Waals surface area (Å²) in [6, 6.07) is 9.70. The summed E-state index contributed by atoms with van der Waals surface area (Å²) in [5.41, 5.74) is 2.77. The quantitative estimate of drug-likeness (QED) is 0.387. The van der Waals surface area contributed by atoms with Gasteiger partial charge in [-0.1, -0.05) is 36.4 Å². The molecule has 0 spiro atoms.